The van der Waals surface area contributed by atoms with Crippen molar-refractivity contribution < 1.29 is 47.2 Å². The molecule has 10 heteroatoms. The minimum absolute atomic E-state index is 0.594. The number of benzene rings is 4. The molecule has 0 heterocycles. The van der Waals surface area contributed by atoms with Crippen LogP contribution < -0.4 is 0 Å². The molecule has 0 aliphatic rings. The molecule has 0 nitrogen and oxygen atoms in total. The first-order valence-electron chi connectivity index (χ1n) is 14.1. The van der Waals surface area contributed by atoms with E-state index in [2.05, 4.69) is 13.1 Å². The number of hydrogen-bond acceptors (Lipinski definition) is 0. The Bertz CT molecular complexity index is 1720. The molecule has 0 bridgehead atoms. The van der Waals surface area contributed by atoms with Gasteiger partial charge in [0.15, 0.2) is 0 Å². The molecule has 0 amide bonds. The summed E-state index contributed by atoms with van der Waals surface area (Å²) < 4.78 is 76.8. The Labute approximate surface area is 286 Å². The van der Waals surface area contributed by atoms with Gasteiger partial charge in [-0.05, 0) is 35.4 Å². The first-order chi connectivity index (χ1) is 21.7. The Hall–Kier alpha value is -2.64. The summed E-state index contributed by atoms with van der Waals surface area (Å²) in [6, 6.07) is 30.4. The number of hydrogen-bond donors (Lipinski definition) is 0. The van der Waals surface area contributed by atoms with Crippen molar-refractivity contribution in [2.75, 3.05) is 0 Å². The van der Waals surface area contributed by atoms with Crippen molar-refractivity contribution in [2.24, 2.45) is 0 Å². The maximum absolute atomic E-state index is 12.8. The van der Waals surface area contributed by atoms with Gasteiger partial charge >= 0.3 is 50.2 Å². The van der Waals surface area contributed by atoms with Gasteiger partial charge in [-0.1, -0.05) is 74.5 Å². The predicted octanol–water partition coefficient (Wildman–Crippen LogP) is 13.0. The molecule has 239 valence electrons. The molecule has 0 aliphatic carbocycles. The summed E-state index contributed by atoms with van der Waals surface area (Å²) >= 11 is -0.826. The van der Waals surface area contributed by atoms with Gasteiger partial charge in [-0.3, -0.25) is 0 Å². The molecule has 0 unspecified atom stereocenters. The van der Waals surface area contributed by atoms with E-state index in [0.717, 1.165) is 65.5 Å². The third-order valence-corrected chi connectivity index (χ3v) is 6.79. The molecule has 0 saturated carbocycles. The molecule has 1 radical (unpaired) electrons. The van der Waals surface area contributed by atoms with Gasteiger partial charge in [0.25, 0.3) is 0 Å². The van der Waals surface area contributed by atoms with Crippen LogP contribution in [0.1, 0.15) is 22.3 Å². The van der Waals surface area contributed by atoms with Crippen molar-refractivity contribution in [2.45, 2.75) is 39.3 Å². The molecule has 0 fully saturated rings. The van der Waals surface area contributed by atoms with Crippen LogP contribution in [0.5, 0.6) is 0 Å². The minimum atomic E-state index is -4.31. The number of alkyl halides is 6. The second-order valence-electron chi connectivity index (χ2n) is 10.5. The molecule has 46 heavy (non-hydrogen) atoms. The Kier molecular flexibility index (Phi) is 13.9. The van der Waals surface area contributed by atoms with E-state index in [-0.39, 0.29) is 0 Å². The fraction of sp³-hybridized carbons (Fsp3) is 0.167. The topological polar surface area (TPSA) is 0 Å². The third kappa shape index (κ3) is 10.2. The molecule has 0 spiro atoms. The summed E-state index contributed by atoms with van der Waals surface area (Å²) in [7, 11) is 10.6. The van der Waals surface area contributed by atoms with Crippen LogP contribution in [0.2, 0.25) is 13.1 Å². The summed E-state index contributed by atoms with van der Waals surface area (Å²) in [5, 5.41) is 4.09. The van der Waals surface area contributed by atoms with Crippen LogP contribution in [-0.4, -0.2) is 9.52 Å². The van der Waals surface area contributed by atoms with Crippen LogP contribution in [-0.2, 0) is 33.2 Å². The zero-order valence-electron chi connectivity index (χ0n) is 25.5. The van der Waals surface area contributed by atoms with E-state index in [1.807, 2.05) is 74.5 Å². The van der Waals surface area contributed by atoms with E-state index in [9.17, 15) is 26.3 Å². The van der Waals surface area contributed by atoms with Crippen molar-refractivity contribution in [1.82, 2.24) is 0 Å². The van der Waals surface area contributed by atoms with Gasteiger partial charge < -0.3 is 0 Å². The molecule has 6 aromatic rings. The second kappa shape index (κ2) is 17.0. The van der Waals surface area contributed by atoms with Crippen molar-refractivity contribution in [3.63, 3.8) is 0 Å². The van der Waals surface area contributed by atoms with Crippen molar-refractivity contribution in [1.29, 1.82) is 0 Å². The monoisotopic (exact) mass is 765 g/mol. The number of fused-ring (bicyclic) bond motifs is 2. The fourth-order valence-corrected chi connectivity index (χ4v) is 5.00. The van der Waals surface area contributed by atoms with Gasteiger partial charge in [0.05, 0.1) is 11.1 Å². The van der Waals surface area contributed by atoms with E-state index >= 15 is 0 Å². The number of halogens is 8. The number of rotatable bonds is 2. The van der Waals surface area contributed by atoms with Crippen molar-refractivity contribution >= 4 is 48.1 Å². The molecular weight excluding hydrogens is 737 g/mol. The van der Waals surface area contributed by atoms with Crippen LogP contribution in [0.25, 0.3) is 43.8 Å². The van der Waals surface area contributed by atoms with Gasteiger partial charge in [0.1, 0.15) is 0 Å². The van der Waals surface area contributed by atoms with E-state index in [0.29, 0.717) is 11.1 Å². The van der Waals surface area contributed by atoms with Gasteiger partial charge in [0.2, 0.25) is 0 Å². The molecular formula is C36H31Cl2F6SiZr. The molecule has 6 rings (SSSR count). The van der Waals surface area contributed by atoms with E-state index in [1.165, 1.54) is 24.3 Å². The summed E-state index contributed by atoms with van der Waals surface area (Å²) in [5.41, 5.74) is 3.85. The molecule has 0 aliphatic heterocycles. The number of aryl methyl sites for hydroxylation is 2. The Morgan fingerprint density at radius 1 is 0.565 bits per heavy atom. The first-order valence-corrected chi connectivity index (χ1v) is 22.7. The second-order valence-corrected chi connectivity index (χ2v) is 15.4. The van der Waals surface area contributed by atoms with E-state index in [4.69, 9.17) is 17.0 Å². The maximum atomic E-state index is 12.8. The molecule has 6 aromatic carbocycles. The average Bonchev–Trinajstić information content (AvgIpc) is 3.58. The third-order valence-electron chi connectivity index (χ3n) is 6.79. The van der Waals surface area contributed by atoms with Gasteiger partial charge in [-0.25, -0.2) is 0 Å². The van der Waals surface area contributed by atoms with Gasteiger partial charge in [-0.15, -0.1) is 69.1 Å². The van der Waals surface area contributed by atoms with Crippen molar-refractivity contribution in [3.8, 4) is 22.3 Å². The molecule has 0 saturated heterocycles. The molecule has 0 N–H and O–H groups in total. The zero-order chi connectivity index (χ0) is 34.1. The Morgan fingerprint density at radius 2 is 0.891 bits per heavy atom. The standard InChI is InChI=1S/2C17H12F3.C2H7Si.2ClH.Zr/c2*1-11-8-12-5-3-7-15(16(12)9-11)13-4-2-6-14(10-13)17(18,19)20;1-3-2;;;/h2*2-10H,1H3;3H,1-2H3;2*1H;/q2*-1;;;;+4/p-2. The van der Waals surface area contributed by atoms with Crippen molar-refractivity contribution in [3.05, 3.63) is 131 Å². The van der Waals surface area contributed by atoms with Crippen LogP contribution >= 0.6 is 17.0 Å². The molecule has 0 atom stereocenters. The van der Waals surface area contributed by atoms with E-state index in [1.54, 1.807) is 12.1 Å². The Morgan fingerprint density at radius 3 is 1.22 bits per heavy atom. The SMILES string of the molecule is C[SiH]C.Cc1cc2c(-c3cccc(C(F)(F)F)c3)cccc2[cH-]1.Cc1cc2c(-c3cccc(C(F)(F)F)c3)cccc2[cH-]1.[Cl][Zr+2][Cl]. The van der Waals surface area contributed by atoms with E-state index < -0.39 is 44.3 Å². The fourth-order valence-electron chi connectivity index (χ4n) is 5.00. The summed E-state index contributed by atoms with van der Waals surface area (Å²) in [5.74, 6) is 0. The van der Waals surface area contributed by atoms with Gasteiger partial charge in [-0.2, -0.15) is 38.5 Å². The summed E-state index contributed by atoms with van der Waals surface area (Å²) in [6.45, 7) is 8.38. The first kappa shape index (κ1) is 37.8. The van der Waals surface area contributed by atoms with Gasteiger partial charge in [0, 0.05) is 9.52 Å². The zero-order valence-corrected chi connectivity index (χ0v) is 30.6. The quantitative estimate of drug-likeness (QED) is 0.0935. The average molecular weight is 768 g/mol. The molecule has 0 aromatic heterocycles. The summed E-state index contributed by atoms with van der Waals surface area (Å²) in [4.78, 5) is 0. The Balaban J connectivity index is 0.000000214. The van der Waals surface area contributed by atoms with Crippen LogP contribution in [0.4, 0.5) is 26.3 Å². The van der Waals surface area contributed by atoms with Crippen LogP contribution in [0.3, 0.4) is 0 Å². The normalized spacial score (nSPS) is 11.0. The van der Waals surface area contributed by atoms with Crippen LogP contribution in [0, 0.1) is 13.8 Å². The summed E-state index contributed by atoms with van der Waals surface area (Å²) in [6.07, 6.45) is -8.63. The predicted molar refractivity (Wildman–Crippen MR) is 180 cm³/mol. The van der Waals surface area contributed by atoms with Crippen LogP contribution in [0.15, 0.2) is 109 Å².